The van der Waals surface area contributed by atoms with E-state index in [2.05, 4.69) is 28.2 Å². The summed E-state index contributed by atoms with van der Waals surface area (Å²) >= 11 is 3.55. The number of hydrogen-bond acceptors (Lipinski definition) is 3. The van der Waals surface area contributed by atoms with Crippen molar-refractivity contribution in [1.29, 1.82) is 0 Å². The monoisotopic (exact) mass is 564 g/mol. The van der Waals surface area contributed by atoms with Crippen LogP contribution in [0.5, 0.6) is 5.75 Å². The summed E-state index contributed by atoms with van der Waals surface area (Å²) in [5.41, 5.74) is 4.27. The van der Waals surface area contributed by atoms with Crippen LogP contribution in [0.25, 0.3) is 0 Å². The molecule has 0 aliphatic rings. The maximum atomic E-state index is 13.7. The molecule has 2 amide bonds. The van der Waals surface area contributed by atoms with Crippen LogP contribution in [0, 0.1) is 6.92 Å². The summed E-state index contributed by atoms with van der Waals surface area (Å²) in [5, 5.41) is 3.09. The molecule has 37 heavy (non-hydrogen) atoms. The van der Waals surface area contributed by atoms with Crippen molar-refractivity contribution in [2.45, 2.75) is 65.6 Å². The minimum absolute atomic E-state index is 0.00591. The van der Waals surface area contributed by atoms with E-state index in [1.807, 2.05) is 93.6 Å². The van der Waals surface area contributed by atoms with Gasteiger partial charge in [-0.15, -0.1) is 0 Å². The molecule has 0 unspecified atom stereocenters. The third-order valence-electron chi connectivity index (χ3n) is 6.50. The molecule has 6 heteroatoms. The van der Waals surface area contributed by atoms with Gasteiger partial charge in [0.15, 0.2) is 6.61 Å². The Morgan fingerprint density at radius 3 is 2.24 bits per heavy atom. The Bertz CT molecular complexity index is 1160. The predicted molar refractivity (Wildman–Crippen MR) is 153 cm³/mol. The molecular weight excluding hydrogens is 528 g/mol. The van der Waals surface area contributed by atoms with Gasteiger partial charge >= 0.3 is 0 Å². The molecule has 0 bridgehead atoms. The first kappa shape index (κ1) is 28.5. The smallest absolute Gasteiger partial charge is 0.261 e. The van der Waals surface area contributed by atoms with E-state index in [1.165, 1.54) is 5.56 Å². The van der Waals surface area contributed by atoms with Crippen LogP contribution < -0.4 is 10.1 Å². The average molecular weight is 566 g/mol. The highest BCUT2D eigenvalue weighted by atomic mass is 79.9. The maximum Gasteiger partial charge on any atom is 0.261 e. The predicted octanol–water partition coefficient (Wildman–Crippen LogP) is 6.25. The van der Waals surface area contributed by atoms with E-state index in [0.29, 0.717) is 18.7 Å². The van der Waals surface area contributed by atoms with Crippen LogP contribution in [0.2, 0.25) is 0 Å². The minimum atomic E-state index is -0.681. The molecule has 0 saturated carbocycles. The largest absolute Gasteiger partial charge is 0.483 e. The van der Waals surface area contributed by atoms with Crippen LogP contribution in [0.1, 0.15) is 49.4 Å². The van der Waals surface area contributed by atoms with Crippen molar-refractivity contribution in [3.63, 3.8) is 0 Å². The molecule has 196 valence electrons. The van der Waals surface area contributed by atoms with Crippen LogP contribution in [0.4, 0.5) is 0 Å². The third-order valence-corrected chi connectivity index (χ3v) is 7.12. The number of ether oxygens (including phenoxy) is 1. The zero-order chi connectivity index (χ0) is 26.8. The Morgan fingerprint density at radius 2 is 1.62 bits per heavy atom. The van der Waals surface area contributed by atoms with Crippen LogP contribution in [-0.4, -0.2) is 35.4 Å². The highest BCUT2D eigenvalue weighted by Gasteiger charge is 2.31. The third kappa shape index (κ3) is 8.46. The van der Waals surface area contributed by atoms with E-state index in [9.17, 15) is 9.59 Å². The number of carbonyl (C=O) groups excluding carboxylic acids is 2. The van der Waals surface area contributed by atoms with Crippen molar-refractivity contribution >= 4 is 27.7 Å². The minimum Gasteiger partial charge on any atom is -0.483 e. The van der Waals surface area contributed by atoms with E-state index in [0.717, 1.165) is 34.0 Å². The van der Waals surface area contributed by atoms with E-state index in [1.54, 1.807) is 4.90 Å². The summed E-state index contributed by atoms with van der Waals surface area (Å²) in [6, 6.07) is 23.1. The molecule has 0 radical (unpaired) electrons. The topological polar surface area (TPSA) is 58.6 Å². The van der Waals surface area contributed by atoms with Gasteiger partial charge in [0.05, 0.1) is 4.47 Å². The van der Waals surface area contributed by atoms with Gasteiger partial charge in [-0.3, -0.25) is 9.59 Å². The van der Waals surface area contributed by atoms with Crippen LogP contribution in [0.3, 0.4) is 0 Å². The molecule has 0 spiro atoms. The van der Waals surface area contributed by atoms with Crippen molar-refractivity contribution in [2.75, 3.05) is 6.61 Å². The number of nitrogens with one attached hydrogen (secondary N) is 1. The lowest BCUT2D eigenvalue weighted by atomic mass is 10.0. The first-order valence-electron chi connectivity index (χ1n) is 12.9. The Morgan fingerprint density at radius 1 is 0.946 bits per heavy atom. The SMILES string of the molecule is CCc1ccc(OCC(=O)N(Cc2ccc(C)cc2)[C@H](Cc2ccccc2)C(=O)N[C@@H](C)CC)c(Br)c1. The zero-order valence-corrected chi connectivity index (χ0v) is 23.8. The number of halogens is 1. The Labute approximate surface area is 229 Å². The van der Waals surface area contributed by atoms with Gasteiger partial charge in [-0.05, 0) is 71.4 Å². The highest BCUT2D eigenvalue weighted by molar-refractivity contribution is 9.10. The van der Waals surface area contributed by atoms with Crippen molar-refractivity contribution < 1.29 is 14.3 Å². The average Bonchev–Trinajstić information content (AvgIpc) is 2.91. The molecule has 3 aromatic carbocycles. The molecule has 0 fully saturated rings. The molecule has 0 saturated heterocycles. The fraction of sp³-hybridized carbons (Fsp3) is 0.355. The van der Waals surface area contributed by atoms with Crippen molar-refractivity contribution in [2.24, 2.45) is 0 Å². The van der Waals surface area contributed by atoms with Crippen molar-refractivity contribution in [3.8, 4) is 5.75 Å². The van der Waals surface area contributed by atoms with Gasteiger partial charge in [0.2, 0.25) is 5.91 Å². The molecule has 5 nitrogen and oxygen atoms in total. The molecular formula is C31H37BrN2O3. The number of aryl methyl sites for hydroxylation is 2. The summed E-state index contributed by atoms with van der Waals surface area (Å²) in [6.45, 7) is 8.26. The second-order valence-electron chi connectivity index (χ2n) is 9.44. The molecule has 1 N–H and O–H groups in total. The normalized spacial score (nSPS) is 12.5. The molecule has 2 atom stereocenters. The first-order valence-corrected chi connectivity index (χ1v) is 13.7. The van der Waals surface area contributed by atoms with Crippen LogP contribution >= 0.6 is 15.9 Å². The van der Waals surface area contributed by atoms with Crippen molar-refractivity contribution in [1.82, 2.24) is 10.2 Å². The Balaban J connectivity index is 1.91. The summed E-state index contributed by atoms with van der Waals surface area (Å²) in [6.07, 6.45) is 2.13. The Kier molecular flexibility index (Phi) is 10.8. The zero-order valence-electron chi connectivity index (χ0n) is 22.2. The fourth-order valence-electron chi connectivity index (χ4n) is 3.99. The lowest BCUT2D eigenvalue weighted by Gasteiger charge is -2.32. The second kappa shape index (κ2) is 14.0. The lowest BCUT2D eigenvalue weighted by Crippen LogP contribution is -2.53. The van der Waals surface area contributed by atoms with Gasteiger partial charge < -0.3 is 15.0 Å². The van der Waals surface area contributed by atoms with Gasteiger partial charge in [0.25, 0.3) is 5.91 Å². The van der Waals surface area contributed by atoms with Crippen LogP contribution in [0.15, 0.2) is 77.3 Å². The van der Waals surface area contributed by atoms with Gasteiger partial charge in [-0.1, -0.05) is 80.1 Å². The number of nitrogens with zero attached hydrogens (tertiary/aromatic N) is 1. The summed E-state index contributed by atoms with van der Waals surface area (Å²) in [4.78, 5) is 28.9. The van der Waals surface area contributed by atoms with Gasteiger partial charge in [0, 0.05) is 19.0 Å². The number of amides is 2. The quantitative estimate of drug-likeness (QED) is 0.282. The number of carbonyl (C=O) groups is 2. The van der Waals surface area contributed by atoms with Gasteiger partial charge in [-0.25, -0.2) is 0 Å². The fourth-order valence-corrected chi connectivity index (χ4v) is 4.53. The number of rotatable bonds is 12. The highest BCUT2D eigenvalue weighted by Crippen LogP contribution is 2.26. The van der Waals surface area contributed by atoms with Crippen LogP contribution in [-0.2, 0) is 29.0 Å². The number of hydrogen-bond donors (Lipinski definition) is 1. The number of benzene rings is 3. The molecule has 0 aliphatic heterocycles. The molecule has 3 rings (SSSR count). The van der Waals surface area contributed by atoms with Gasteiger partial charge in [-0.2, -0.15) is 0 Å². The van der Waals surface area contributed by atoms with Gasteiger partial charge in [0.1, 0.15) is 11.8 Å². The molecule has 0 heterocycles. The van der Waals surface area contributed by atoms with Crippen molar-refractivity contribution in [3.05, 3.63) is 99.5 Å². The summed E-state index contributed by atoms with van der Waals surface area (Å²) in [5.74, 6) is 0.198. The van der Waals surface area contributed by atoms with E-state index < -0.39 is 6.04 Å². The molecule has 3 aromatic rings. The second-order valence-corrected chi connectivity index (χ2v) is 10.3. The first-order chi connectivity index (χ1) is 17.8. The molecule has 0 aliphatic carbocycles. The van der Waals surface area contributed by atoms with E-state index in [4.69, 9.17) is 4.74 Å². The molecule has 0 aromatic heterocycles. The summed E-state index contributed by atoms with van der Waals surface area (Å²) in [7, 11) is 0. The summed E-state index contributed by atoms with van der Waals surface area (Å²) < 4.78 is 6.75. The Hall–Kier alpha value is -3.12. The lowest BCUT2D eigenvalue weighted by molar-refractivity contribution is -0.143. The van der Waals surface area contributed by atoms with E-state index in [-0.39, 0.29) is 24.5 Å². The standard InChI is InChI=1S/C31H37BrN2O3/c1-5-23(4)33-31(36)28(19-25-10-8-7-9-11-25)34(20-26-14-12-22(3)13-15-26)30(35)21-37-29-17-16-24(6-2)18-27(29)32/h7-18,23,28H,5-6,19-21H2,1-4H3,(H,33,36)/t23-,28+/m0/s1. The maximum absolute atomic E-state index is 13.7. The van der Waals surface area contributed by atoms with E-state index >= 15 is 0 Å².